The minimum atomic E-state index is -0.823. The maximum atomic E-state index is 11.4. The molecule has 1 N–H and O–H groups in total. The molecule has 7 aromatic carbocycles. The molecule has 0 bridgehead atoms. The molecule has 5 heteroatoms. The van der Waals surface area contributed by atoms with Crippen LogP contribution in [0.2, 0.25) is 0 Å². The van der Waals surface area contributed by atoms with Crippen molar-refractivity contribution in [2.75, 3.05) is 0 Å². The first-order chi connectivity index (χ1) is 28.9. The Balaban J connectivity index is 0.00000514. The molecule has 4 nitrogen and oxygen atoms in total. The maximum absolute atomic E-state index is 11.4. The second kappa shape index (κ2) is 16.7. The van der Waals surface area contributed by atoms with E-state index in [1.807, 2.05) is 62.5 Å². The molecular formula is C55H46N3OPt-. The quantitative estimate of drug-likeness (QED) is 0.154. The molecular weight excluding hydrogens is 914 g/mol. The summed E-state index contributed by atoms with van der Waals surface area (Å²) in [6.45, 7) is 10.5. The summed E-state index contributed by atoms with van der Waals surface area (Å²) in [6, 6.07) is 61.7. The van der Waals surface area contributed by atoms with Gasteiger partial charge in [0.25, 0.3) is 0 Å². The summed E-state index contributed by atoms with van der Waals surface area (Å²) in [7, 11) is 0. The molecule has 0 amide bonds. The van der Waals surface area contributed by atoms with Gasteiger partial charge < -0.3 is 5.11 Å². The van der Waals surface area contributed by atoms with E-state index in [0.29, 0.717) is 11.4 Å². The molecule has 0 unspecified atom stereocenters. The molecule has 0 atom stereocenters. The van der Waals surface area contributed by atoms with Crippen LogP contribution in [0.3, 0.4) is 0 Å². The average Bonchev–Trinajstić information content (AvgIpc) is 3.66. The van der Waals surface area contributed by atoms with E-state index in [0.717, 1.165) is 78.0 Å². The number of hydrogen-bond donors (Lipinski definition) is 1. The van der Waals surface area contributed by atoms with Crippen LogP contribution in [0.15, 0.2) is 176 Å². The third-order valence-corrected chi connectivity index (χ3v) is 11.1. The number of pyridine rings is 1. The van der Waals surface area contributed by atoms with Gasteiger partial charge in [-0.25, -0.2) is 4.98 Å². The molecule has 0 aliphatic carbocycles. The molecule has 9 rings (SSSR count). The minimum Gasteiger partial charge on any atom is -0.507 e. The van der Waals surface area contributed by atoms with Crippen molar-refractivity contribution in [3.8, 4) is 78.6 Å². The van der Waals surface area contributed by atoms with Crippen molar-refractivity contribution in [2.45, 2.75) is 45.9 Å². The van der Waals surface area contributed by atoms with Crippen LogP contribution in [0.5, 0.6) is 5.75 Å². The van der Waals surface area contributed by atoms with E-state index in [1.165, 1.54) is 5.56 Å². The molecule has 298 valence electrons. The Kier molecular flexibility index (Phi) is 10.9. The van der Waals surface area contributed by atoms with Crippen molar-refractivity contribution in [1.82, 2.24) is 14.5 Å². The SMILES string of the molecule is [2H]C(C)(C)c1ccc(-n2c(-c3ccccc3O)nc3c(-c4[c-]c(-c5cc(-c6ccccc6)ccn5)cc(-c5ccccc5)c4)cccc32)c(-c2ccc(C(C)(C)C)cc2)c1.[Pt]. The maximum Gasteiger partial charge on any atom is 0.148 e. The van der Waals surface area contributed by atoms with Gasteiger partial charge in [-0.3, -0.25) is 9.55 Å². The van der Waals surface area contributed by atoms with Gasteiger partial charge in [-0.15, -0.1) is 23.8 Å². The topological polar surface area (TPSA) is 50.9 Å². The summed E-state index contributed by atoms with van der Waals surface area (Å²) >= 11 is 0. The van der Waals surface area contributed by atoms with Crippen LogP contribution < -0.4 is 0 Å². The van der Waals surface area contributed by atoms with E-state index in [9.17, 15) is 5.11 Å². The fourth-order valence-electron chi connectivity index (χ4n) is 7.87. The van der Waals surface area contributed by atoms with Gasteiger partial charge in [-0.1, -0.05) is 173 Å². The first-order valence-corrected chi connectivity index (χ1v) is 20.1. The smallest absolute Gasteiger partial charge is 0.148 e. The van der Waals surface area contributed by atoms with Crippen LogP contribution in [0.1, 0.15) is 53.0 Å². The number of fused-ring (bicyclic) bond motifs is 1. The summed E-state index contributed by atoms with van der Waals surface area (Å²) in [4.78, 5) is 10.3. The summed E-state index contributed by atoms with van der Waals surface area (Å²) < 4.78 is 11.2. The van der Waals surface area contributed by atoms with Crippen molar-refractivity contribution >= 4 is 11.0 Å². The molecule has 2 aromatic heterocycles. The number of para-hydroxylation sites is 2. The number of aromatic nitrogens is 3. The third kappa shape index (κ3) is 7.88. The number of benzene rings is 7. The third-order valence-electron chi connectivity index (χ3n) is 11.1. The van der Waals surface area contributed by atoms with Crippen LogP contribution >= 0.6 is 0 Å². The normalized spacial score (nSPS) is 11.9. The Morgan fingerprint density at radius 1 is 0.600 bits per heavy atom. The van der Waals surface area contributed by atoms with Gasteiger partial charge in [-0.05, 0) is 81.1 Å². The zero-order valence-corrected chi connectivity index (χ0v) is 36.6. The van der Waals surface area contributed by atoms with E-state index < -0.39 is 5.89 Å². The van der Waals surface area contributed by atoms with Crippen LogP contribution in [0.4, 0.5) is 0 Å². The molecule has 0 radical (unpaired) electrons. The molecule has 0 saturated carbocycles. The van der Waals surface area contributed by atoms with Gasteiger partial charge in [-0.2, -0.15) is 0 Å². The number of phenols is 1. The molecule has 2 heterocycles. The first-order valence-electron chi connectivity index (χ1n) is 20.6. The predicted octanol–water partition coefficient (Wildman–Crippen LogP) is 14.3. The average molecular weight is 961 g/mol. The van der Waals surface area contributed by atoms with Crippen molar-refractivity contribution in [3.05, 3.63) is 193 Å². The van der Waals surface area contributed by atoms with Gasteiger partial charge in [0.2, 0.25) is 0 Å². The zero-order chi connectivity index (χ0) is 41.6. The largest absolute Gasteiger partial charge is 0.507 e. The Morgan fingerprint density at radius 2 is 1.25 bits per heavy atom. The summed E-state index contributed by atoms with van der Waals surface area (Å²) in [5, 5.41) is 11.4. The van der Waals surface area contributed by atoms with E-state index in [-0.39, 0.29) is 32.2 Å². The molecule has 60 heavy (non-hydrogen) atoms. The summed E-state index contributed by atoms with van der Waals surface area (Å²) in [5.74, 6) is -0.0756. The van der Waals surface area contributed by atoms with Gasteiger partial charge in [0.05, 0.1) is 22.3 Å². The van der Waals surface area contributed by atoms with E-state index >= 15 is 0 Å². The van der Waals surface area contributed by atoms with Crippen LogP contribution in [-0.2, 0) is 26.5 Å². The Morgan fingerprint density at radius 3 is 1.93 bits per heavy atom. The van der Waals surface area contributed by atoms with E-state index in [2.05, 4.69) is 153 Å². The van der Waals surface area contributed by atoms with Crippen LogP contribution in [0.25, 0.3) is 83.9 Å². The Labute approximate surface area is 369 Å². The predicted molar refractivity (Wildman–Crippen MR) is 245 cm³/mol. The molecule has 0 aliphatic heterocycles. The molecule has 0 spiro atoms. The number of aromatic hydroxyl groups is 1. The summed E-state index contributed by atoms with van der Waals surface area (Å²) in [6.07, 6.45) is 1.86. The Bertz CT molecular complexity index is 3000. The molecule has 0 saturated heterocycles. The summed E-state index contributed by atoms with van der Waals surface area (Å²) in [5.41, 5.74) is 15.1. The van der Waals surface area contributed by atoms with Gasteiger partial charge in [0.1, 0.15) is 11.6 Å². The second-order valence-corrected chi connectivity index (χ2v) is 16.4. The number of nitrogens with zero attached hydrogens (tertiary/aromatic N) is 3. The fraction of sp³-hybridized carbons (Fsp3) is 0.127. The van der Waals surface area contributed by atoms with Crippen molar-refractivity contribution in [2.24, 2.45) is 0 Å². The number of hydrogen-bond acceptors (Lipinski definition) is 3. The van der Waals surface area contributed by atoms with Gasteiger partial charge in [0.15, 0.2) is 0 Å². The van der Waals surface area contributed by atoms with E-state index in [4.69, 9.17) is 11.3 Å². The minimum absolute atomic E-state index is 0. The molecule has 9 aromatic rings. The fourth-order valence-corrected chi connectivity index (χ4v) is 7.87. The first kappa shape index (κ1) is 39.1. The van der Waals surface area contributed by atoms with Crippen LogP contribution in [-0.4, -0.2) is 19.6 Å². The second-order valence-electron chi connectivity index (χ2n) is 16.4. The number of rotatable bonds is 8. The molecule has 0 fully saturated rings. The van der Waals surface area contributed by atoms with Crippen molar-refractivity contribution in [3.63, 3.8) is 0 Å². The van der Waals surface area contributed by atoms with Gasteiger partial charge >= 0.3 is 0 Å². The Hall–Kier alpha value is -6.35. The van der Waals surface area contributed by atoms with Crippen molar-refractivity contribution in [1.29, 1.82) is 0 Å². The van der Waals surface area contributed by atoms with Crippen LogP contribution in [0, 0.1) is 6.07 Å². The monoisotopic (exact) mass is 960 g/mol. The molecule has 0 aliphatic rings. The number of imidazole rings is 1. The standard InChI is InChI=1S/C55H46N3O.Pt/c1-36(2)40-25-28-50(48(34-40)39-23-26-45(27-24-39)55(3,4)5)58-51-21-14-20-46(53(51)57-54(58)47-19-12-13-22-52(47)59)43-31-42(38-17-10-7-11-18-38)32-44(33-43)49-35-41(29-30-56-49)37-15-8-6-9-16-37;/h6-32,34-36,59H,1-5H3;/q-1;/i36D;. The van der Waals surface area contributed by atoms with Crippen molar-refractivity contribution < 1.29 is 27.5 Å². The zero-order valence-electron chi connectivity index (χ0n) is 35.3. The van der Waals surface area contributed by atoms with E-state index in [1.54, 1.807) is 6.07 Å². The number of phenolic OH excluding ortho intramolecular Hbond substituents is 1. The van der Waals surface area contributed by atoms with Gasteiger partial charge in [0, 0.05) is 39.9 Å².